The Morgan fingerprint density at radius 1 is 1.09 bits per heavy atom. The number of amides is 5. The van der Waals surface area contributed by atoms with E-state index >= 15 is 0 Å². The first-order chi connectivity index (χ1) is 26.7. The SMILES string of the molecule is C=C(C)C1CC1(NC(=O)C1CC(OC(=O)N2Cc3cccc(F)c3C2)CN1C(=O)C(CCCCCC)NC(=O)OC(C)(C)C)C(=O)NS(=O)(=O)C1(O)C(N)(O)C1(O)O. The monoisotopic (exact) mass is 840 g/mol. The summed E-state index contributed by atoms with van der Waals surface area (Å²) in [5.41, 5.74) is -0.0918. The molecule has 7 atom stereocenters. The van der Waals surface area contributed by atoms with E-state index in [1.807, 2.05) is 6.92 Å². The molecule has 322 valence electrons. The largest absolute Gasteiger partial charge is 0.444 e. The predicted molar refractivity (Wildman–Crippen MR) is 200 cm³/mol. The van der Waals surface area contributed by atoms with Crippen LogP contribution < -0.4 is 21.1 Å². The lowest BCUT2D eigenvalue weighted by Crippen LogP contribution is -2.59. The van der Waals surface area contributed by atoms with Crippen molar-refractivity contribution in [1.82, 2.24) is 25.2 Å². The minimum absolute atomic E-state index is 0.0397. The van der Waals surface area contributed by atoms with Crippen molar-refractivity contribution in [1.29, 1.82) is 0 Å². The molecular formula is C37H53FN6O13S. The molecule has 1 aromatic rings. The highest BCUT2D eigenvalue weighted by Gasteiger charge is 2.95. The first-order valence-electron chi connectivity index (χ1n) is 19.0. The molecule has 58 heavy (non-hydrogen) atoms. The van der Waals surface area contributed by atoms with Crippen LogP contribution in [0.5, 0.6) is 0 Å². The third-order valence-electron chi connectivity index (χ3n) is 11.0. The van der Waals surface area contributed by atoms with Crippen molar-refractivity contribution >= 4 is 39.9 Å². The van der Waals surface area contributed by atoms with Gasteiger partial charge >= 0.3 is 12.2 Å². The van der Waals surface area contributed by atoms with Gasteiger partial charge in [-0.1, -0.05) is 56.9 Å². The molecule has 0 spiro atoms. The Morgan fingerprint density at radius 3 is 2.29 bits per heavy atom. The minimum Gasteiger partial charge on any atom is -0.444 e. The Morgan fingerprint density at radius 2 is 1.74 bits per heavy atom. The molecule has 2 aliphatic heterocycles. The van der Waals surface area contributed by atoms with Gasteiger partial charge in [-0.15, -0.1) is 0 Å². The van der Waals surface area contributed by atoms with Crippen LogP contribution in [0.25, 0.3) is 0 Å². The average Bonchev–Trinajstić information content (AvgIpc) is 3.61. The summed E-state index contributed by atoms with van der Waals surface area (Å²) < 4.78 is 53.2. The molecule has 3 fully saturated rings. The van der Waals surface area contributed by atoms with E-state index in [-0.39, 0.29) is 38.9 Å². The van der Waals surface area contributed by atoms with E-state index < -0.39 is 97.4 Å². The molecule has 21 heteroatoms. The summed E-state index contributed by atoms with van der Waals surface area (Å²) in [6, 6.07) is 1.74. The van der Waals surface area contributed by atoms with Gasteiger partial charge in [-0.2, -0.15) is 0 Å². The van der Waals surface area contributed by atoms with Gasteiger partial charge in [-0.05, 0) is 52.2 Å². The van der Waals surface area contributed by atoms with Gasteiger partial charge in [0.15, 0.2) is 0 Å². The highest BCUT2D eigenvalue weighted by atomic mass is 32.2. The van der Waals surface area contributed by atoms with Gasteiger partial charge in [0.25, 0.3) is 26.7 Å². The second kappa shape index (κ2) is 15.6. The molecule has 19 nitrogen and oxygen atoms in total. The molecule has 2 saturated carbocycles. The van der Waals surface area contributed by atoms with Crippen molar-refractivity contribution in [3.8, 4) is 0 Å². The normalized spacial score (nSPS) is 28.8. The number of halogens is 1. The van der Waals surface area contributed by atoms with Gasteiger partial charge in [0.05, 0.1) is 13.1 Å². The standard InChI is InChI=1S/C37H53FN6O13S/c1-7-8-9-10-14-26(40-31(48)57-33(4,5)6)29(46)44-18-22(56-32(49)43-17-21-12-11-13-25(38)23(21)19-43)15-27(44)28(45)41-34(16-24(34)20(2)3)30(47)42-58(54,55)37(53)35(39,50)36(37,51)52/h11-13,22,24,26-27,50-53H,2,7-10,14-19,39H2,1,3-6H3,(H,40,48)(H,41,45)(H,42,47). The van der Waals surface area contributed by atoms with Crippen LogP contribution in [-0.4, -0.2) is 121 Å². The third kappa shape index (κ3) is 8.11. The number of likely N-dealkylation sites (tertiary alicyclic amines) is 1. The van der Waals surface area contributed by atoms with E-state index in [1.54, 1.807) is 26.8 Å². The molecule has 0 bridgehead atoms. The van der Waals surface area contributed by atoms with Crippen molar-refractivity contribution in [2.75, 3.05) is 6.54 Å². The molecule has 0 radical (unpaired) electrons. The number of rotatable bonds is 14. The Kier molecular flexibility index (Phi) is 12.1. The van der Waals surface area contributed by atoms with Crippen molar-refractivity contribution in [3.63, 3.8) is 0 Å². The van der Waals surface area contributed by atoms with Gasteiger partial charge < -0.3 is 45.4 Å². The summed E-state index contributed by atoms with van der Waals surface area (Å²) in [7, 11) is -5.58. The zero-order chi connectivity index (χ0) is 43.4. The van der Waals surface area contributed by atoms with Crippen LogP contribution in [0.3, 0.4) is 0 Å². The Hall–Kier alpha value is -4.41. The number of hydrogen-bond donors (Lipinski definition) is 8. The molecule has 1 saturated heterocycles. The highest BCUT2D eigenvalue weighted by molar-refractivity contribution is 7.91. The topological polar surface area (TPSA) is 287 Å². The van der Waals surface area contributed by atoms with Gasteiger partial charge in [-0.3, -0.25) is 25.0 Å². The van der Waals surface area contributed by atoms with E-state index in [4.69, 9.17) is 15.2 Å². The maximum Gasteiger partial charge on any atom is 0.410 e. The summed E-state index contributed by atoms with van der Waals surface area (Å²) in [6.45, 7) is 11.8. The van der Waals surface area contributed by atoms with Crippen LogP contribution in [0.15, 0.2) is 30.4 Å². The lowest BCUT2D eigenvalue weighted by atomic mass is 10.0. The second-order valence-corrected chi connectivity index (χ2v) is 18.4. The second-order valence-electron chi connectivity index (χ2n) is 16.6. The third-order valence-corrected chi connectivity index (χ3v) is 12.8. The number of nitrogens with one attached hydrogen (secondary N) is 3. The number of carbonyl (C=O) groups excluding carboxylic acids is 5. The van der Waals surface area contributed by atoms with Gasteiger partial charge in [0, 0.05) is 24.4 Å². The van der Waals surface area contributed by atoms with Crippen LogP contribution in [-0.2, 0) is 47.0 Å². The zero-order valence-corrected chi connectivity index (χ0v) is 33.9. The summed E-state index contributed by atoms with van der Waals surface area (Å²) in [5, 5.41) is 45.3. The van der Waals surface area contributed by atoms with Crippen LogP contribution in [0.1, 0.15) is 90.7 Å². The maximum absolute atomic E-state index is 14.5. The van der Waals surface area contributed by atoms with Crippen molar-refractivity contribution < 1.29 is 66.7 Å². The number of nitrogens with two attached hydrogens (primary N) is 1. The van der Waals surface area contributed by atoms with E-state index in [0.29, 0.717) is 29.5 Å². The number of ether oxygens (including phenoxy) is 2. The van der Waals surface area contributed by atoms with E-state index in [1.165, 1.54) is 28.7 Å². The first kappa shape index (κ1) is 44.7. The van der Waals surface area contributed by atoms with Crippen LogP contribution in [0, 0.1) is 11.7 Å². The zero-order valence-electron chi connectivity index (χ0n) is 33.0. The predicted octanol–water partition coefficient (Wildman–Crippen LogP) is 0.0385. The van der Waals surface area contributed by atoms with Gasteiger partial charge in [0.1, 0.15) is 35.1 Å². The lowest BCUT2D eigenvalue weighted by Gasteiger charge is -2.30. The molecule has 2 heterocycles. The summed E-state index contributed by atoms with van der Waals surface area (Å²) >= 11 is 0. The van der Waals surface area contributed by atoms with E-state index in [9.17, 15) is 57.2 Å². The van der Waals surface area contributed by atoms with Gasteiger partial charge in [0.2, 0.25) is 17.5 Å². The molecule has 0 aromatic heterocycles. The fourth-order valence-corrected chi connectivity index (χ4v) is 9.17. The van der Waals surface area contributed by atoms with Crippen molar-refractivity contribution in [2.45, 2.75) is 138 Å². The molecular weight excluding hydrogens is 788 g/mol. The molecule has 5 amide bonds. The minimum atomic E-state index is -5.58. The van der Waals surface area contributed by atoms with Crippen LogP contribution >= 0.6 is 0 Å². The average molecular weight is 841 g/mol. The molecule has 7 unspecified atom stereocenters. The fraction of sp³-hybridized carbons (Fsp3) is 0.649. The maximum atomic E-state index is 14.5. The Labute approximate surface area is 335 Å². The van der Waals surface area contributed by atoms with Crippen LogP contribution in [0.4, 0.5) is 14.0 Å². The lowest BCUT2D eigenvalue weighted by molar-refractivity contribution is -0.141. The number of nitrogens with zero attached hydrogens (tertiary/aromatic N) is 2. The summed E-state index contributed by atoms with van der Waals surface area (Å²) in [5.74, 6) is -8.38. The van der Waals surface area contributed by atoms with E-state index in [0.717, 1.165) is 17.7 Å². The number of fused-ring (bicyclic) bond motifs is 1. The number of hydrogen-bond acceptors (Lipinski definition) is 14. The number of unbranched alkanes of at least 4 members (excludes halogenated alkanes) is 3. The molecule has 9 N–H and O–H groups in total. The fourth-order valence-electron chi connectivity index (χ4n) is 7.56. The van der Waals surface area contributed by atoms with E-state index in [2.05, 4.69) is 17.2 Å². The Balaban J connectivity index is 1.41. The van der Waals surface area contributed by atoms with Crippen LogP contribution in [0.2, 0.25) is 0 Å². The molecule has 2 aliphatic carbocycles. The number of alkyl carbamates (subject to hydrolysis) is 1. The van der Waals surface area contributed by atoms with Crippen molar-refractivity contribution in [2.24, 2.45) is 11.7 Å². The van der Waals surface area contributed by atoms with Gasteiger partial charge in [-0.25, -0.2) is 27.1 Å². The molecule has 4 aliphatic rings. The highest BCUT2D eigenvalue weighted by Crippen LogP contribution is 2.56. The molecule has 1 aromatic carbocycles. The number of benzene rings is 1. The molecule has 5 rings (SSSR count). The quantitative estimate of drug-likeness (QED) is 0.0698. The number of sulfonamides is 1. The first-order valence-corrected chi connectivity index (χ1v) is 20.5. The summed E-state index contributed by atoms with van der Waals surface area (Å²) in [6.07, 6.45) is -0.359. The Bertz CT molecular complexity index is 1960. The smallest absolute Gasteiger partial charge is 0.410 e. The number of carbonyl (C=O) groups is 5. The summed E-state index contributed by atoms with van der Waals surface area (Å²) in [4.78, 5) is 67.3. The number of aliphatic hydroxyl groups is 4. The van der Waals surface area contributed by atoms with Crippen molar-refractivity contribution in [3.05, 3.63) is 47.3 Å².